The molecule has 0 unspecified atom stereocenters. The van der Waals surface area contributed by atoms with Gasteiger partial charge in [0.2, 0.25) is 5.91 Å². The van der Waals surface area contributed by atoms with Gasteiger partial charge in [-0.25, -0.2) is 14.4 Å². The van der Waals surface area contributed by atoms with E-state index in [1.165, 1.54) is 34.9 Å². The molecule has 1 aromatic heterocycles. The van der Waals surface area contributed by atoms with Crippen LogP contribution in [0.3, 0.4) is 0 Å². The number of carbonyl (C=O) groups excluding carboxylic acids is 2. The summed E-state index contributed by atoms with van der Waals surface area (Å²) in [4.78, 5) is 42.3. The summed E-state index contributed by atoms with van der Waals surface area (Å²) in [6.45, 7) is 18.1. The van der Waals surface area contributed by atoms with E-state index < -0.39 is 16.0 Å². The SMILES string of the molecule is C=CC(=O)N1CCN(S(=O)(=O)N2CCC3(CC2)CN(C[C@@H]2CCN(c4ncncc4Oc4ccc(F)cc4C(=O)N(C(C)C)C(C)C)C2)C3)CC1. The molecule has 15 heteroatoms. The highest BCUT2D eigenvalue weighted by atomic mass is 32.2. The molecule has 4 saturated heterocycles. The number of rotatable bonds is 11. The summed E-state index contributed by atoms with van der Waals surface area (Å²) < 4.78 is 50.6. The molecule has 13 nitrogen and oxygen atoms in total. The lowest BCUT2D eigenvalue weighted by molar-refractivity contribution is -0.127. The minimum atomic E-state index is -3.56. The summed E-state index contributed by atoms with van der Waals surface area (Å²) in [6, 6.07) is 3.84. The predicted octanol–water partition coefficient (Wildman–Crippen LogP) is 3.47. The maximum absolute atomic E-state index is 14.4. The Morgan fingerprint density at radius 2 is 1.69 bits per heavy atom. The number of benzene rings is 1. The van der Waals surface area contributed by atoms with E-state index in [9.17, 15) is 22.4 Å². The number of carbonyl (C=O) groups is 2. The molecule has 4 fully saturated rings. The minimum Gasteiger partial charge on any atom is -0.451 e. The van der Waals surface area contributed by atoms with Gasteiger partial charge in [-0.1, -0.05) is 6.58 Å². The van der Waals surface area contributed by atoms with Gasteiger partial charge in [0, 0.05) is 84.1 Å². The molecule has 1 aromatic carbocycles. The van der Waals surface area contributed by atoms with Crippen molar-refractivity contribution in [3.05, 3.63) is 54.8 Å². The maximum Gasteiger partial charge on any atom is 0.282 e. The van der Waals surface area contributed by atoms with Crippen molar-refractivity contribution in [1.29, 1.82) is 0 Å². The summed E-state index contributed by atoms with van der Waals surface area (Å²) in [6.07, 6.45) is 7.02. The number of hydrogen-bond acceptors (Lipinski definition) is 9. The van der Waals surface area contributed by atoms with Crippen LogP contribution in [-0.2, 0) is 15.0 Å². The van der Waals surface area contributed by atoms with Crippen molar-refractivity contribution in [3.8, 4) is 11.5 Å². The van der Waals surface area contributed by atoms with Crippen LogP contribution in [0.15, 0.2) is 43.4 Å². The molecule has 51 heavy (non-hydrogen) atoms. The standard InChI is InChI=1S/C36H51FN8O5S/c1-6-33(46)41-15-17-44(18-16-41)51(48,49)43-13-10-36(11-14-43)23-40(24-36)21-28-9-12-42(22-28)34-32(20-38-25-39-34)50-31-8-7-29(37)19-30(31)35(47)45(26(2)3)27(4)5/h6-8,19-20,25-28H,1,9-18,21-24H2,2-5H3/t28-/m0/s1. The Balaban J connectivity index is 1.02. The van der Waals surface area contributed by atoms with Crippen LogP contribution in [0.5, 0.6) is 11.5 Å². The zero-order valence-corrected chi connectivity index (χ0v) is 31.0. The number of hydrogen-bond donors (Lipinski definition) is 0. The number of anilines is 1. The fourth-order valence-corrected chi connectivity index (χ4v) is 9.81. The van der Waals surface area contributed by atoms with Crippen molar-refractivity contribution < 1.29 is 27.1 Å². The number of piperazine rings is 1. The van der Waals surface area contributed by atoms with Gasteiger partial charge in [0.1, 0.15) is 17.9 Å². The number of ether oxygens (including phenoxy) is 1. The summed E-state index contributed by atoms with van der Waals surface area (Å²) in [5, 5.41) is 0. The normalized spacial score (nSPS) is 21.7. The van der Waals surface area contributed by atoms with Crippen molar-refractivity contribution in [2.75, 3.05) is 76.9 Å². The lowest BCUT2D eigenvalue weighted by atomic mass is 9.72. The van der Waals surface area contributed by atoms with Crippen LogP contribution in [0.2, 0.25) is 0 Å². The number of amides is 2. The van der Waals surface area contributed by atoms with Crippen LogP contribution in [0, 0.1) is 17.2 Å². The molecule has 6 rings (SSSR count). The largest absolute Gasteiger partial charge is 0.451 e. The molecular formula is C36H51FN8O5S. The van der Waals surface area contributed by atoms with Crippen LogP contribution in [0.4, 0.5) is 10.2 Å². The van der Waals surface area contributed by atoms with E-state index in [0.29, 0.717) is 56.8 Å². The van der Waals surface area contributed by atoms with Gasteiger partial charge in [-0.2, -0.15) is 17.0 Å². The van der Waals surface area contributed by atoms with Crippen LogP contribution in [0.1, 0.15) is 57.3 Å². The molecule has 2 aromatic rings. The first-order valence-corrected chi connectivity index (χ1v) is 19.4. The molecule has 0 aliphatic carbocycles. The van der Waals surface area contributed by atoms with Crippen LogP contribution >= 0.6 is 0 Å². The molecule has 5 heterocycles. The van der Waals surface area contributed by atoms with E-state index in [2.05, 4.69) is 26.3 Å². The summed E-state index contributed by atoms with van der Waals surface area (Å²) in [5.74, 6) is 0.757. The Bertz CT molecular complexity index is 1690. The van der Waals surface area contributed by atoms with Crippen molar-refractivity contribution in [2.24, 2.45) is 11.3 Å². The lowest BCUT2D eigenvalue weighted by Gasteiger charge is -2.54. The van der Waals surface area contributed by atoms with E-state index in [1.807, 2.05) is 27.7 Å². The van der Waals surface area contributed by atoms with Crippen LogP contribution < -0.4 is 9.64 Å². The fourth-order valence-electron chi connectivity index (χ4n) is 8.21. The average molecular weight is 727 g/mol. The van der Waals surface area contributed by atoms with Gasteiger partial charge >= 0.3 is 0 Å². The average Bonchev–Trinajstić information content (AvgIpc) is 3.56. The number of piperidine rings is 1. The van der Waals surface area contributed by atoms with Gasteiger partial charge < -0.3 is 24.3 Å². The Morgan fingerprint density at radius 3 is 2.33 bits per heavy atom. The highest BCUT2D eigenvalue weighted by molar-refractivity contribution is 7.86. The van der Waals surface area contributed by atoms with Crippen molar-refractivity contribution in [2.45, 2.75) is 59.0 Å². The van der Waals surface area contributed by atoms with Gasteiger partial charge in [-0.05, 0) is 82.6 Å². The van der Waals surface area contributed by atoms with Gasteiger partial charge in [-0.15, -0.1) is 0 Å². The van der Waals surface area contributed by atoms with Crippen molar-refractivity contribution in [1.82, 2.24) is 33.3 Å². The number of nitrogens with zero attached hydrogens (tertiary/aromatic N) is 8. The topological polar surface area (TPSA) is 123 Å². The summed E-state index contributed by atoms with van der Waals surface area (Å²) >= 11 is 0. The fraction of sp³-hybridized carbons (Fsp3) is 0.611. The van der Waals surface area contributed by atoms with E-state index in [-0.39, 0.29) is 40.6 Å². The van der Waals surface area contributed by atoms with Gasteiger partial charge in [-0.3, -0.25) is 9.59 Å². The van der Waals surface area contributed by atoms with Crippen molar-refractivity contribution in [3.63, 3.8) is 0 Å². The Hall–Kier alpha value is -3.66. The molecule has 1 atom stereocenters. The summed E-state index contributed by atoms with van der Waals surface area (Å²) in [7, 11) is -3.56. The molecule has 0 radical (unpaired) electrons. The minimum absolute atomic E-state index is 0.0785. The molecule has 278 valence electrons. The number of halogens is 1. The van der Waals surface area contributed by atoms with Crippen molar-refractivity contribution >= 4 is 27.8 Å². The quantitative estimate of drug-likeness (QED) is 0.321. The second kappa shape index (κ2) is 15.1. The Kier molecular flexibility index (Phi) is 11.0. The zero-order chi connectivity index (χ0) is 36.5. The zero-order valence-electron chi connectivity index (χ0n) is 30.2. The maximum atomic E-state index is 14.4. The highest BCUT2D eigenvalue weighted by Crippen LogP contribution is 2.42. The third kappa shape index (κ3) is 7.91. The van der Waals surface area contributed by atoms with Crippen LogP contribution in [0.25, 0.3) is 0 Å². The number of aromatic nitrogens is 2. The third-order valence-corrected chi connectivity index (χ3v) is 12.8. The van der Waals surface area contributed by atoms with E-state index in [1.54, 1.807) is 20.3 Å². The summed E-state index contributed by atoms with van der Waals surface area (Å²) in [5.41, 5.74) is 0.305. The van der Waals surface area contributed by atoms with Gasteiger partial charge in [0.15, 0.2) is 11.6 Å². The lowest BCUT2D eigenvalue weighted by Crippen LogP contribution is -2.62. The first-order valence-electron chi connectivity index (χ1n) is 18.0. The molecule has 4 aliphatic rings. The molecule has 2 amide bonds. The Labute approximate surface area is 301 Å². The highest BCUT2D eigenvalue weighted by Gasteiger charge is 2.48. The monoisotopic (exact) mass is 726 g/mol. The van der Waals surface area contributed by atoms with E-state index in [0.717, 1.165) is 52.0 Å². The smallest absolute Gasteiger partial charge is 0.282 e. The molecule has 0 bridgehead atoms. The first kappa shape index (κ1) is 37.1. The second-order valence-electron chi connectivity index (χ2n) is 15.0. The molecule has 0 N–H and O–H groups in total. The molecule has 1 spiro atoms. The third-order valence-electron chi connectivity index (χ3n) is 10.8. The second-order valence-corrected chi connectivity index (χ2v) is 16.9. The van der Waals surface area contributed by atoms with Gasteiger partial charge in [0.25, 0.3) is 16.1 Å². The van der Waals surface area contributed by atoms with Gasteiger partial charge in [0.05, 0.1) is 11.8 Å². The molecule has 0 saturated carbocycles. The first-order chi connectivity index (χ1) is 24.3. The predicted molar refractivity (Wildman–Crippen MR) is 192 cm³/mol. The molecule has 4 aliphatic heterocycles. The number of likely N-dealkylation sites (tertiary alicyclic amines) is 1. The molecular weight excluding hydrogens is 676 g/mol. The van der Waals surface area contributed by atoms with E-state index >= 15 is 0 Å². The van der Waals surface area contributed by atoms with Crippen LogP contribution in [-0.4, -0.2) is 138 Å². The Morgan fingerprint density at radius 1 is 1.02 bits per heavy atom. The van der Waals surface area contributed by atoms with E-state index in [4.69, 9.17) is 4.74 Å².